The molecule has 0 spiro atoms. The molecule has 1 atom stereocenters. The molecule has 0 fully saturated rings. The first-order valence-corrected chi connectivity index (χ1v) is 5.48. The predicted octanol–water partition coefficient (Wildman–Crippen LogP) is 1.71. The summed E-state index contributed by atoms with van der Waals surface area (Å²) in [6.07, 6.45) is -3.60. The molecule has 2 N–H and O–H groups in total. The first kappa shape index (κ1) is 15.7. The van der Waals surface area contributed by atoms with Gasteiger partial charge in [0, 0.05) is 12.6 Å². The lowest BCUT2D eigenvalue weighted by atomic mass is 10.2. The van der Waals surface area contributed by atoms with E-state index in [0.29, 0.717) is 6.42 Å². The van der Waals surface area contributed by atoms with E-state index in [-0.39, 0.29) is 25.9 Å². The van der Waals surface area contributed by atoms with Crippen LogP contribution < -0.4 is 5.32 Å². The maximum Gasteiger partial charge on any atom is 0.391 e. The van der Waals surface area contributed by atoms with Crippen LogP contribution in [0.1, 0.15) is 26.2 Å². The minimum absolute atomic E-state index is 0.0252. The Morgan fingerprint density at radius 2 is 2.00 bits per heavy atom. The van der Waals surface area contributed by atoms with Crippen molar-refractivity contribution in [3.63, 3.8) is 0 Å². The molecule has 0 saturated carbocycles. The maximum absolute atomic E-state index is 11.7. The molecular formula is C10H20F3NO2. The lowest BCUT2D eigenvalue weighted by Crippen LogP contribution is -2.34. The van der Waals surface area contributed by atoms with Crippen LogP contribution in [0.3, 0.4) is 0 Å². The van der Waals surface area contributed by atoms with Crippen LogP contribution >= 0.6 is 0 Å². The van der Waals surface area contributed by atoms with E-state index in [0.717, 1.165) is 13.0 Å². The summed E-state index contributed by atoms with van der Waals surface area (Å²) in [6, 6.07) is -0.0918. The lowest BCUT2D eigenvalue weighted by Gasteiger charge is -2.15. The first-order chi connectivity index (χ1) is 7.49. The van der Waals surface area contributed by atoms with E-state index >= 15 is 0 Å². The number of rotatable bonds is 9. The molecule has 0 radical (unpaired) electrons. The molecule has 0 aliphatic carbocycles. The second kappa shape index (κ2) is 8.78. The van der Waals surface area contributed by atoms with Crippen LogP contribution in [0.2, 0.25) is 0 Å². The molecule has 98 valence electrons. The molecule has 0 aliphatic rings. The number of hydrogen-bond acceptors (Lipinski definition) is 3. The van der Waals surface area contributed by atoms with Gasteiger partial charge in [-0.3, -0.25) is 0 Å². The van der Waals surface area contributed by atoms with Crippen molar-refractivity contribution in [3.8, 4) is 0 Å². The third kappa shape index (κ3) is 10.2. The highest BCUT2D eigenvalue weighted by Gasteiger charge is 2.26. The summed E-state index contributed by atoms with van der Waals surface area (Å²) in [5.74, 6) is 0. The Balaban J connectivity index is 3.41. The van der Waals surface area contributed by atoms with Gasteiger partial charge in [0.15, 0.2) is 0 Å². The Morgan fingerprint density at radius 3 is 2.50 bits per heavy atom. The van der Waals surface area contributed by atoms with Gasteiger partial charge in [-0.25, -0.2) is 0 Å². The van der Waals surface area contributed by atoms with Crippen LogP contribution in [0.15, 0.2) is 0 Å². The van der Waals surface area contributed by atoms with Crippen molar-refractivity contribution in [2.75, 3.05) is 26.4 Å². The summed E-state index contributed by atoms with van der Waals surface area (Å²) < 4.78 is 40.1. The molecule has 0 aromatic heterocycles. The number of nitrogens with one attached hydrogen (secondary N) is 1. The fourth-order valence-electron chi connectivity index (χ4n) is 1.12. The Hall–Kier alpha value is -0.330. The summed E-state index contributed by atoms with van der Waals surface area (Å²) >= 11 is 0. The van der Waals surface area contributed by atoms with Crippen LogP contribution in [0, 0.1) is 0 Å². The van der Waals surface area contributed by atoms with Crippen LogP contribution in [-0.2, 0) is 4.74 Å². The van der Waals surface area contributed by atoms with E-state index in [2.05, 4.69) is 5.32 Å². The Morgan fingerprint density at radius 1 is 1.31 bits per heavy atom. The first-order valence-electron chi connectivity index (χ1n) is 5.48. The SMILES string of the molecule is CCCNC(CO)CCOCCC(F)(F)F. The quantitative estimate of drug-likeness (QED) is 0.606. The van der Waals surface area contributed by atoms with Gasteiger partial charge in [0.05, 0.1) is 19.6 Å². The number of aliphatic hydroxyl groups excluding tert-OH is 1. The van der Waals surface area contributed by atoms with Gasteiger partial charge >= 0.3 is 6.18 Å². The van der Waals surface area contributed by atoms with Crippen molar-refractivity contribution < 1.29 is 23.0 Å². The summed E-state index contributed by atoms with van der Waals surface area (Å²) in [7, 11) is 0. The summed E-state index contributed by atoms with van der Waals surface area (Å²) in [6.45, 7) is 2.69. The fourth-order valence-corrected chi connectivity index (χ4v) is 1.12. The molecule has 0 rings (SSSR count). The number of ether oxygens (including phenoxy) is 1. The Bertz CT molecular complexity index is 165. The standard InChI is InChI=1S/C10H20F3NO2/c1-2-5-14-9(8-15)3-6-16-7-4-10(11,12)13/h9,14-15H,2-8H2,1H3. The van der Waals surface area contributed by atoms with Gasteiger partial charge in [-0.15, -0.1) is 0 Å². The van der Waals surface area contributed by atoms with Crippen molar-refractivity contribution in [2.45, 2.75) is 38.4 Å². The third-order valence-electron chi connectivity index (χ3n) is 2.04. The van der Waals surface area contributed by atoms with E-state index in [4.69, 9.17) is 9.84 Å². The molecule has 0 saturated heterocycles. The van der Waals surface area contributed by atoms with Gasteiger partial charge in [0.2, 0.25) is 0 Å². The minimum Gasteiger partial charge on any atom is -0.395 e. The highest BCUT2D eigenvalue weighted by molar-refractivity contribution is 4.64. The monoisotopic (exact) mass is 243 g/mol. The maximum atomic E-state index is 11.7. The average molecular weight is 243 g/mol. The van der Waals surface area contributed by atoms with Gasteiger partial charge in [-0.1, -0.05) is 6.92 Å². The molecule has 1 unspecified atom stereocenters. The number of alkyl halides is 3. The largest absolute Gasteiger partial charge is 0.395 e. The van der Waals surface area contributed by atoms with Crippen molar-refractivity contribution in [2.24, 2.45) is 0 Å². The topological polar surface area (TPSA) is 41.5 Å². The predicted molar refractivity (Wildman–Crippen MR) is 55.3 cm³/mol. The van der Waals surface area contributed by atoms with Crippen molar-refractivity contribution in [1.82, 2.24) is 5.32 Å². The van der Waals surface area contributed by atoms with Crippen LogP contribution in [0.4, 0.5) is 13.2 Å². The molecule has 16 heavy (non-hydrogen) atoms. The van der Waals surface area contributed by atoms with E-state index in [1.807, 2.05) is 6.92 Å². The Kier molecular flexibility index (Phi) is 8.60. The van der Waals surface area contributed by atoms with Gasteiger partial charge in [0.1, 0.15) is 0 Å². The second-order valence-electron chi connectivity index (χ2n) is 3.60. The van der Waals surface area contributed by atoms with Crippen molar-refractivity contribution >= 4 is 0 Å². The van der Waals surface area contributed by atoms with Gasteiger partial charge < -0.3 is 15.2 Å². The fraction of sp³-hybridized carbons (Fsp3) is 1.00. The van der Waals surface area contributed by atoms with E-state index in [9.17, 15) is 13.2 Å². The molecule has 0 bridgehead atoms. The van der Waals surface area contributed by atoms with E-state index in [1.54, 1.807) is 0 Å². The zero-order valence-electron chi connectivity index (χ0n) is 9.52. The molecular weight excluding hydrogens is 223 g/mol. The molecule has 0 aliphatic heterocycles. The highest BCUT2D eigenvalue weighted by Crippen LogP contribution is 2.18. The zero-order chi connectivity index (χ0) is 12.4. The molecule has 6 heteroatoms. The molecule has 0 heterocycles. The average Bonchev–Trinajstić information content (AvgIpc) is 2.20. The van der Waals surface area contributed by atoms with Crippen molar-refractivity contribution in [1.29, 1.82) is 0 Å². The second-order valence-corrected chi connectivity index (χ2v) is 3.60. The van der Waals surface area contributed by atoms with Crippen molar-refractivity contribution in [3.05, 3.63) is 0 Å². The van der Waals surface area contributed by atoms with Crippen LogP contribution in [0.25, 0.3) is 0 Å². The zero-order valence-corrected chi connectivity index (χ0v) is 9.52. The summed E-state index contributed by atoms with van der Waals surface area (Å²) in [5, 5.41) is 12.0. The molecule has 3 nitrogen and oxygen atoms in total. The number of halogens is 3. The molecule has 0 amide bonds. The summed E-state index contributed by atoms with van der Waals surface area (Å²) in [5.41, 5.74) is 0. The summed E-state index contributed by atoms with van der Waals surface area (Å²) in [4.78, 5) is 0. The molecule has 0 aromatic carbocycles. The van der Waals surface area contributed by atoms with Crippen LogP contribution in [0.5, 0.6) is 0 Å². The highest BCUT2D eigenvalue weighted by atomic mass is 19.4. The van der Waals surface area contributed by atoms with Gasteiger partial charge in [-0.2, -0.15) is 13.2 Å². The van der Waals surface area contributed by atoms with E-state index < -0.39 is 12.6 Å². The van der Waals surface area contributed by atoms with Crippen LogP contribution in [-0.4, -0.2) is 43.7 Å². The number of aliphatic hydroxyl groups is 1. The molecule has 0 aromatic rings. The van der Waals surface area contributed by atoms with Gasteiger partial charge in [-0.05, 0) is 19.4 Å². The van der Waals surface area contributed by atoms with Gasteiger partial charge in [0.25, 0.3) is 0 Å². The normalized spacial score (nSPS) is 14.1. The smallest absolute Gasteiger partial charge is 0.391 e. The lowest BCUT2D eigenvalue weighted by molar-refractivity contribution is -0.145. The third-order valence-corrected chi connectivity index (χ3v) is 2.04. The Labute approximate surface area is 94.0 Å². The minimum atomic E-state index is -4.16. The van der Waals surface area contributed by atoms with E-state index in [1.165, 1.54) is 0 Å². The number of hydrogen-bond donors (Lipinski definition) is 2.